The van der Waals surface area contributed by atoms with Crippen molar-refractivity contribution in [3.05, 3.63) is 52.0 Å². The molecule has 1 unspecified atom stereocenters. The molecule has 0 aliphatic carbocycles. The fourth-order valence-electron chi connectivity index (χ4n) is 3.16. The van der Waals surface area contributed by atoms with E-state index in [1.54, 1.807) is 30.3 Å². The molecule has 1 atom stereocenters. The zero-order valence-corrected chi connectivity index (χ0v) is 17.2. The number of benzene rings is 2. The number of nitrogens with one attached hydrogen (secondary N) is 2. The first-order chi connectivity index (χ1) is 13.8. The molecule has 0 saturated carbocycles. The van der Waals surface area contributed by atoms with E-state index in [0.717, 1.165) is 16.6 Å². The van der Waals surface area contributed by atoms with Crippen LogP contribution in [-0.4, -0.2) is 38.0 Å². The van der Waals surface area contributed by atoms with Crippen LogP contribution in [0.1, 0.15) is 12.5 Å². The van der Waals surface area contributed by atoms with Gasteiger partial charge in [0.1, 0.15) is 23.1 Å². The van der Waals surface area contributed by atoms with Crippen LogP contribution in [0.15, 0.2) is 36.4 Å². The summed E-state index contributed by atoms with van der Waals surface area (Å²) in [5.74, 6) is -1.13. The van der Waals surface area contributed by atoms with E-state index in [0.29, 0.717) is 27.3 Å². The molecule has 3 aromatic rings. The Morgan fingerprint density at radius 2 is 2.03 bits per heavy atom. The topological polar surface area (TPSA) is 104 Å². The standard InChI is InChI=1S/C18H13Cl2N5O3S/c1-18(10-6-5-9(19)7-11(10)20)16(27)25(17(28)22-18)8-14(26)21-12-3-2-4-13-15(12)24-29-23-13/h2-7H,8H2,1H3,(H,21,26)(H,22,28). The van der Waals surface area contributed by atoms with Gasteiger partial charge in [0.15, 0.2) is 0 Å². The highest BCUT2D eigenvalue weighted by atomic mass is 35.5. The fraction of sp³-hybridized carbons (Fsp3) is 0.167. The third-order valence-corrected chi connectivity index (χ3v) is 5.70. The van der Waals surface area contributed by atoms with Crippen LogP contribution >= 0.6 is 34.9 Å². The van der Waals surface area contributed by atoms with Gasteiger partial charge in [-0.05, 0) is 31.2 Å². The molecule has 11 heteroatoms. The molecule has 4 rings (SSSR count). The second kappa shape index (κ2) is 7.25. The van der Waals surface area contributed by atoms with Gasteiger partial charge in [0.05, 0.1) is 17.4 Å². The lowest BCUT2D eigenvalue weighted by molar-refractivity contribution is -0.133. The van der Waals surface area contributed by atoms with Gasteiger partial charge < -0.3 is 10.6 Å². The zero-order chi connectivity index (χ0) is 20.8. The van der Waals surface area contributed by atoms with Gasteiger partial charge >= 0.3 is 6.03 Å². The number of hydrogen-bond donors (Lipinski definition) is 2. The fourth-order valence-corrected chi connectivity index (χ4v) is 4.31. The van der Waals surface area contributed by atoms with E-state index in [9.17, 15) is 14.4 Å². The van der Waals surface area contributed by atoms with Crippen molar-refractivity contribution >= 4 is 69.5 Å². The Morgan fingerprint density at radius 3 is 2.79 bits per heavy atom. The van der Waals surface area contributed by atoms with Gasteiger partial charge in [-0.15, -0.1) is 0 Å². The molecule has 1 aromatic heterocycles. The van der Waals surface area contributed by atoms with Gasteiger partial charge in [-0.1, -0.05) is 35.3 Å². The summed E-state index contributed by atoms with van der Waals surface area (Å²) in [5, 5.41) is 5.93. The molecule has 1 aliphatic heterocycles. The van der Waals surface area contributed by atoms with Crippen LogP contribution in [0.2, 0.25) is 10.0 Å². The third kappa shape index (κ3) is 3.41. The third-order valence-electron chi connectivity index (χ3n) is 4.61. The number of carbonyl (C=O) groups excluding carboxylic acids is 3. The van der Waals surface area contributed by atoms with Crippen LogP contribution in [-0.2, 0) is 15.1 Å². The zero-order valence-electron chi connectivity index (χ0n) is 14.9. The Kier molecular flexibility index (Phi) is 4.89. The molecule has 2 N–H and O–H groups in total. The van der Waals surface area contributed by atoms with E-state index in [4.69, 9.17) is 23.2 Å². The quantitative estimate of drug-likeness (QED) is 0.593. The maximum Gasteiger partial charge on any atom is 0.325 e. The number of amides is 4. The molecule has 0 radical (unpaired) electrons. The molecule has 8 nitrogen and oxygen atoms in total. The average Bonchev–Trinajstić information content (AvgIpc) is 3.22. The van der Waals surface area contributed by atoms with Crippen molar-refractivity contribution in [3.8, 4) is 0 Å². The molecule has 29 heavy (non-hydrogen) atoms. The minimum atomic E-state index is -1.40. The van der Waals surface area contributed by atoms with E-state index in [1.807, 2.05) is 0 Å². The minimum Gasteiger partial charge on any atom is -0.323 e. The van der Waals surface area contributed by atoms with Gasteiger partial charge in [-0.3, -0.25) is 14.5 Å². The summed E-state index contributed by atoms with van der Waals surface area (Å²) < 4.78 is 8.25. The summed E-state index contributed by atoms with van der Waals surface area (Å²) in [6, 6.07) is 9.12. The van der Waals surface area contributed by atoms with E-state index in [1.165, 1.54) is 13.0 Å². The molecule has 1 fully saturated rings. The molecular weight excluding hydrogens is 437 g/mol. The van der Waals surface area contributed by atoms with Gasteiger partial charge in [0.25, 0.3) is 5.91 Å². The van der Waals surface area contributed by atoms with Gasteiger partial charge in [0.2, 0.25) is 5.91 Å². The predicted octanol–water partition coefficient (Wildman–Crippen LogP) is 3.40. The summed E-state index contributed by atoms with van der Waals surface area (Å²) in [7, 11) is 0. The van der Waals surface area contributed by atoms with E-state index in [2.05, 4.69) is 19.4 Å². The highest BCUT2D eigenvalue weighted by molar-refractivity contribution is 7.00. The Hall–Kier alpha value is -2.75. The number of hydrogen-bond acceptors (Lipinski definition) is 6. The number of nitrogens with zero attached hydrogens (tertiary/aromatic N) is 3. The highest BCUT2D eigenvalue weighted by Crippen LogP contribution is 2.35. The van der Waals surface area contributed by atoms with Crippen LogP contribution in [0.5, 0.6) is 0 Å². The molecule has 148 valence electrons. The lowest BCUT2D eigenvalue weighted by Crippen LogP contribution is -2.42. The average molecular weight is 450 g/mol. The Morgan fingerprint density at radius 1 is 1.24 bits per heavy atom. The van der Waals surface area contributed by atoms with E-state index < -0.39 is 29.9 Å². The first kappa shape index (κ1) is 19.6. The van der Waals surface area contributed by atoms with Crippen molar-refractivity contribution in [2.45, 2.75) is 12.5 Å². The summed E-state index contributed by atoms with van der Waals surface area (Å²) in [6.07, 6.45) is 0. The molecule has 0 bridgehead atoms. The number of imide groups is 1. The van der Waals surface area contributed by atoms with Crippen molar-refractivity contribution in [1.82, 2.24) is 19.0 Å². The Balaban J connectivity index is 1.55. The van der Waals surface area contributed by atoms with Crippen molar-refractivity contribution in [2.75, 3.05) is 11.9 Å². The van der Waals surface area contributed by atoms with Crippen LogP contribution in [0.3, 0.4) is 0 Å². The Labute approximate surface area is 179 Å². The molecule has 4 amide bonds. The first-order valence-electron chi connectivity index (χ1n) is 8.40. The van der Waals surface area contributed by atoms with Crippen LogP contribution in [0.25, 0.3) is 11.0 Å². The van der Waals surface area contributed by atoms with Crippen molar-refractivity contribution in [2.24, 2.45) is 0 Å². The summed E-state index contributed by atoms with van der Waals surface area (Å²) in [5.41, 5.74) is 0.631. The number of anilines is 1. The number of halogens is 2. The summed E-state index contributed by atoms with van der Waals surface area (Å²) in [6.45, 7) is 1.07. The van der Waals surface area contributed by atoms with Crippen molar-refractivity contribution in [1.29, 1.82) is 0 Å². The van der Waals surface area contributed by atoms with Crippen molar-refractivity contribution in [3.63, 3.8) is 0 Å². The highest BCUT2D eigenvalue weighted by Gasteiger charge is 2.50. The molecular formula is C18H13Cl2N5O3S. The normalized spacial score (nSPS) is 18.9. The van der Waals surface area contributed by atoms with Crippen molar-refractivity contribution < 1.29 is 14.4 Å². The smallest absolute Gasteiger partial charge is 0.323 e. The maximum absolute atomic E-state index is 13.0. The molecule has 0 spiro atoms. The maximum atomic E-state index is 13.0. The van der Waals surface area contributed by atoms with E-state index in [-0.39, 0.29) is 5.02 Å². The lowest BCUT2D eigenvalue weighted by Gasteiger charge is -2.23. The molecule has 2 heterocycles. The van der Waals surface area contributed by atoms with Gasteiger partial charge in [-0.25, -0.2) is 4.79 Å². The van der Waals surface area contributed by atoms with Gasteiger partial charge in [0, 0.05) is 15.6 Å². The van der Waals surface area contributed by atoms with E-state index >= 15 is 0 Å². The van der Waals surface area contributed by atoms with Crippen LogP contribution in [0.4, 0.5) is 10.5 Å². The molecule has 2 aromatic carbocycles. The SMILES string of the molecule is CC1(c2ccc(Cl)cc2Cl)NC(=O)N(CC(=O)Nc2cccc3nsnc23)C1=O. The summed E-state index contributed by atoms with van der Waals surface area (Å²) in [4.78, 5) is 38.8. The monoisotopic (exact) mass is 449 g/mol. The largest absolute Gasteiger partial charge is 0.325 e. The molecule has 1 saturated heterocycles. The second-order valence-corrected chi connectivity index (χ2v) is 7.93. The number of fused-ring (bicyclic) bond motifs is 1. The summed E-state index contributed by atoms with van der Waals surface area (Å²) >= 11 is 13.2. The first-order valence-corrected chi connectivity index (χ1v) is 9.89. The number of rotatable bonds is 4. The lowest BCUT2D eigenvalue weighted by atomic mass is 9.92. The Bertz CT molecular complexity index is 1170. The number of aromatic nitrogens is 2. The number of urea groups is 1. The predicted molar refractivity (Wildman–Crippen MR) is 110 cm³/mol. The van der Waals surface area contributed by atoms with Crippen LogP contribution in [0, 0.1) is 0 Å². The minimum absolute atomic E-state index is 0.239. The second-order valence-electron chi connectivity index (χ2n) is 6.56. The molecule has 1 aliphatic rings. The van der Waals surface area contributed by atoms with Crippen LogP contribution < -0.4 is 10.6 Å². The van der Waals surface area contributed by atoms with Gasteiger partial charge in [-0.2, -0.15) is 8.75 Å². The number of carbonyl (C=O) groups is 3.